The van der Waals surface area contributed by atoms with E-state index in [9.17, 15) is 22.8 Å². The number of carbonyl (C=O) groups is 2. The molecule has 10 heteroatoms. The van der Waals surface area contributed by atoms with Crippen LogP contribution in [0.25, 0.3) is 0 Å². The summed E-state index contributed by atoms with van der Waals surface area (Å²) < 4.78 is 40.1. The maximum atomic E-state index is 13.3. The van der Waals surface area contributed by atoms with Crippen LogP contribution in [0.2, 0.25) is 0 Å². The lowest BCUT2D eigenvalue weighted by Crippen LogP contribution is -2.47. The number of benzene rings is 2. The Morgan fingerprint density at radius 1 is 1.03 bits per heavy atom. The van der Waals surface area contributed by atoms with E-state index in [0.717, 1.165) is 18.0 Å². The summed E-state index contributed by atoms with van der Waals surface area (Å²) in [6.07, 6.45) is -1.63. The van der Waals surface area contributed by atoms with Crippen molar-refractivity contribution < 1.29 is 22.8 Å². The zero-order chi connectivity index (χ0) is 25.2. The van der Waals surface area contributed by atoms with Crippen LogP contribution < -0.4 is 5.32 Å². The lowest BCUT2D eigenvalue weighted by atomic mass is 10.0. The van der Waals surface area contributed by atoms with Crippen LogP contribution >= 0.6 is 0 Å². The second-order valence-corrected chi connectivity index (χ2v) is 8.53. The molecule has 0 spiro atoms. The minimum absolute atomic E-state index is 0.106. The standard InChI is InChI=1S/C25H26F3N5O2/c1-31(23(34)17-7-9-18(10-8-17)25(26,27)28)19-12-15-33(16-13-19)24(35)20-5-3-4-6-21(20)30-22-11-14-29-32(22)2/h3-11,14,19,30H,12-13,15-16H2,1-2H3. The van der Waals surface area contributed by atoms with E-state index in [-0.39, 0.29) is 23.4 Å². The quantitative estimate of drug-likeness (QED) is 0.575. The van der Waals surface area contributed by atoms with Crippen LogP contribution in [-0.2, 0) is 13.2 Å². The van der Waals surface area contributed by atoms with Gasteiger partial charge in [-0.1, -0.05) is 12.1 Å². The van der Waals surface area contributed by atoms with Crippen LogP contribution in [0.1, 0.15) is 39.1 Å². The van der Waals surface area contributed by atoms with Crippen LogP contribution in [0.4, 0.5) is 24.7 Å². The van der Waals surface area contributed by atoms with E-state index in [1.165, 1.54) is 12.1 Å². The molecule has 0 bridgehead atoms. The average Bonchev–Trinajstić information content (AvgIpc) is 3.27. The Kier molecular flexibility index (Phi) is 6.81. The molecule has 7 nitrogen and oxygen atoms in total. The van der Waals surface area contributed by atoms with E-state index in [2.05, 4.69) is 10.4 Å². The Morgan fingerprint density at radius 2 is 1.69 bits per heavy atom. The van der Waals surface area contributed by atoms with E-state index in [1.54, 1.807) is 40.8 Å². The number of carbonyl (C=O) groups excluding carboxylic acids is 2. The fraction of sp³-hybridized carbons (Fsp3) is 0.320. The van der Waals surface area contributed by atoms with Crippen LogP contribution in [0.15, 0.2) is 60.8 Å². The van der Waals surface area contributed by atoms with Crippen molar-refractivity contribution >= 4 is 23.3 Å². The molecule has 35 heavy (non-hydrogen) atoms. The first kappa shape index (κ1) is 24.3. The summed E-state index contributed by atoms with van der Waals surface area (Å²) >= 11 is 0. The summed E-state index contributed by atoms with van der Waals surface area (Å²) in [5.41, 5.74) is 0.634. The van der Waals surface area contributed by atoms with E-state index < -0.39 is 11.7 Å². The predicted molar refractivity (Wildman–Crippen MR) is 125 cm³/mol. The molecule has 1 saturated heterocycles. The molecule has 1 aromatic heterocycles. The summed E-state index contributed by atoms with van der Waals surface area (Å²) in [7, 11) is 3.45. The predicted octanol–water partition coefficient (Wildman–Crippen LogP) is 4.56. The van der Waals surface area contributed by atoms with Crippen LogP contribution in [0.5, 0.6) is 0 Å². The lowest BCUT2D eigenvalue weighted by molar-refractivity contribution is -0.137. The molecule has 1 fully saturated rings. The minimum atomic E-state index is -4.45. The molecule has 3 aromatic rings. The topological polar surface area (TPSA) is 70.5 Å². The highest BCUT2D eigenvalue weighted by Crippen LogP contribution is 2.30. The number of piperidine rings is 1. The number of nitrogens with one attached hydrogen (secondary N) is 1. The van der Waals surface area contributed by atoms with Crippen molar-refractivity contribution in [2.24, 2.45) is 7.05 Å². The fourth-order valence-electron chi connectivity index (χ4n) is 4.21. The number of anilines is 2. The van der Waals surface area contributed by atoms with Crippen molar-refractivity contribution in [2.75, 3.05) is 25.5 Å². The number of alkyl halides is 3. The van der Waals surface area contributed by atoms with Crippen molar-refractivity contribution in [3.8, 4) is 0 Å². The molecule has 2 aromatic carbocycles. The number of rotatable bonds is 5. The number of aryl methyl sites for hydroxylation is 1. The Hall–Kier alpha value is -3.82. The maximum absolute atomic E-state index is 13.3. The van der Waals surface area contributed by atoms with Crippen LogP contribution in [-0.4, -0.2) is 57.6 Å². The lowest BCUT2D eigenvalue weighted by Gasteiger charge is -2.37. The Bertz CT molecular complexity index is 1200. The van der Waals surface area contributed by atoms with Gasteiger partial charge in [0.25, 0.3) is 11.8 Å². The highest BCUT2D eigenvalue weighted by Gasteiger charge is 2.32. The molecule has 184 valence electrons. The van der Waals surface area contributed by atoms with Crippen LogP contribution in [0, 0.1) is 0 Å². The molecule has 1 aliphatic rings. The Balaban J connectivity index is 1.38. The van der Waals surface area contributed by atoms with Gasteiger partial charge in [-0.05, 0) is 49.2 Å². The van der Waals surface area contributed by atoms with E-state index in [4.69, 9.17) is 0 Å². The van der Waals surface area contributed by atoms with Gasteiger partial charge in [0.05, 0.1) is 23.0 Å². The summed E-state index contributed by atoms with van der Waals surface area (Å²) in [4.78, 5) is 29.4. The van der Waals surface area contributed by atoms with Crippen molar-refractivity contribution in [1.82, 2.24) is 19.6 Å². The first-order valence-electron chi connectivity index (χ1n) is 11.2. The molecule has 4 rings (SSSR count). The van der Waals surface area contributed by atoms with E-state index >= 15 is 0 Å². The van der Waals surface area contributed by atoms with Crippen molar-refractivity contribution in [3.05, 3.63) is 77.5 Å². The van der Waals surface area contributed by atoms with Gasteiger partial charge in [0, 0.05) is 44.9 Å². The first-order valence-corrected chi connectivity index (χ1v) is 11.2. The van der Waals surface area contributed by atoms with Gasteiger partial charge in [-0.3, -0.25) is 14.3 Å². The normalized spacial score (nSPS) is 14.6. The van der Waals surface area contributed by atoms with Gasteiger partial charge in [-0.2, -0.15) is 18.3 Å². The zero-order valence-electron chi connectivity index (χ0n) is 19.4. The smallest absolute Gasteiger partial charge is 0.340 e. The molecule has 2 amide bonds. The van der Waals surface area contributed by atoms with Gasteiger partial charge in [-0.25, -0.2) is 0 Å². The van der Waals surface area contributed by atoms with E-state index in [0.29, 0.717) is 37.2 Å². The number of hydrogen-bond acceptors (Lipinski definition) is 4. The van der Waals surface area contributed by atoms with Crippen molar-refractivity contribution in [1.29, 1.82) is 0 Å². The zero-order valence-corrected chi connectivity index (χ0v) is 19.4. The number of nitrogens with zero attached hydrogens (tertiary/aromatic N) is 4. The monoisotopic (exact) mass is 485 g/mol. The molecule has 2 heterocycles. The van der Waals surface area contributed by atoms with Crippen LogP contribution in [0.3, 0.4) is 0 Å². The molecule has 0 unspecified atom stereocenters. The molecule has 1 N–H and O–H groups in total. The van der Waals surface area contributed by atoms with Gasteiger partial charge in [0.2, 0.25) is 0 Å². The van der Waals surface area contributed by atoms with E-state index in [1.807, 2.05) is 24.3 Å². The van der Waals surface area contributed by atoms with Gasteiger partial charge < -0.3 is 15.1 Å². The molecule has 0 saturated carbocycles. The van der Waals surface area contributed by atoms with Crippen molar-refractivity contribution in [3.63, 3.8) is 0 Å². The summed E-state index contributed by atoms with van der Waals surface area (Å²) in [5.74, 6) is 0.312. The number of para-hydroxylation sites is 1. The highest BCUT2D eigenvalue weighted by molar-refractivity contribution is 6.00. The third-order valence-corrected chi connectivity index (χ3v) is 6.32. The SMILES string of the molecule is CN(C(=O)c1ccc(C(F)(F)F)cc1)C1CCN(C(=O)c2ccccc2Nc2ccnn2C)CC1. The third-order valence-electron chi connectivity index (χ3n) is 6.32. The van der Waals surface area contributed by atoms with Gasteiger partial charge in [0.15, 0.2) is 0 Å². The summed E-state index contributed by atoms with van der Waals surface area (Å²) in [6, 6.07) is 13.2. The summed E-state index contributed by atoms with van der Waals surface area (Å²) in [6.45, 7) is 0.933. The van der Waals surface area contributed by atoms with Gasteiger partial charge in [-0.15, -0.1) is 0 Å². The van der Waals surface area contributed by atoms with Crippen molar-refractivity contribution in [2.45, 2.75) is 25.1 Å². The number of likely N-dealkylation sites (tertiary alicyclic amines) is 1. The number of halogens is 3. The number of amides is 2. The third kappa shape index (κ3) is 5.31. The molecule has 1 aliphatic heterocycles. The molecular formula is C25H26F3N5O2. The highest BCUT2D eigenvalue weighted by atomic mass is 19.4. The molecule has 0 aliphatic carbocycles. The molecular weight excluding hydrogens is 459 g/mol. The Labute approximate surface area is 201 Å². The number of hydrogen-bond donors (Lipinski definition) is 1. The Morgan fingerprint density at radius 3 is 2.29 bits per heavy atom. The molecule has 0 atom stereocenters. The largest absolute Gasteiger partial charge is 0.416 e. The summed E-state index contributed by atoms with van der Waals surface area (Å²) in [5, 5.41) is 7.37. The second-order valence-electron chi connectivity index (χ2n) is 8.53. The molecule has 0 radical (unpaired) electrons. The maximum Gasteiger partial charge on any atom is 0.416 e. The van der Waals surface area contributed by atoms with Gasteiger partial charge >= 0.3 is 6.18 Å². The minimum Gasteiger partial charge on any atom is -0.340 e. The second kappa shape index (κ2) is 9.81. The van der Waals surface area contributed by atoms with Gasteiger partial charge in [0.1, 0.15) is 5.82 Å². The first-order chi connectivity index (χ1) is 16.6. The number of aromatic nitrogens is 2. The fourth-order valence-corrected chi connectivity index (χ4v) is 4.21. The average molecular weight is 486 g/mol.